The number of ether oxygens (including phenoxy) is 1. The highest BCUT2D eigenvalue weighted by atomic mass is 19.4. The van der Waals surface area contributed by atoms with Crippen LogP contribution in [-0.4, -0.2) is 68.6 Å². The van der Waals surface area contributed by atoms with E-state index in [0.29, 0.717) is 35.3 Å². The fraction of sp³-hybridized carbons (Fsp3) is 0.481. The molecule has 0 spiro atoms. The van der Waals surface area contributed by atoms with E-state index in [1.807, 2.05) is 12.1 Å². The number of carboxylic acid groups (broad SMARTS) is 2. The molecule has 0 atom stereocenters. The van der Waals surface area contributed by atoms with Crippen LogP contribution in [0.2, 0.25) is 0 Å². The number of piperidine rings is 1. The first-order valence-corrected chi connectivity index (χ1v) is 13.2. The van der Waals surface area contributed by atoms with Gasteiger partial charge in [0.1, 0.15) is 11.6 Å². The van der Waals surface area contributed by atoms with Crippen LogP contribution < -0.4 is 4.90 Å². The standard InChI is InChI=1S/C25H27F3N4O3.C2HF3O2/c26-25(27,28)17-4-7-20-21(13-17)31-23(30-20)16-3-8-22(29-14-16)32-11-9-19(10-12-32)35-18-5-1-15(2-6-18)24(33)34;3-2(4,5)1(6)7/h3-4,7-8,13-15,18-19H,1-2,5-6,9-12H2,(H,30,31)(H,33,34);(H,6,7). The summed E-state index contributed by atoms with van der Waals surface area (Å²) in [6.07, 6.45) is -2.74. The Morgan fingerprint density at radius 3 is 2.05 bits per heavy atom. The third-order valence-corrected chi connectivity index (χ3v) is 7.25. The highest BCUT2D eigenvalue weighted by Crippen LogP contribution is 2.32. The molecule has 5 rings (SSSR count). The minimum atomic E-state index is -5.08. The number of aromatic amines is 1. The summed E-state index contributed by atoms with van der Waals surface area (Å²) in [4.78, 5) is 34.1. The quantitative estimate of drug-likeness (QED) is 0.308. The minimum absolute atomic E-state index is 0.149. The van der Waals surface area contributed by atoms with E-state index in [0.717, 1.165) is 56.7 Å². The summed E-state index contributed by atoms with van der Waals surface area (Å²) in [6.45, 7) is 1.62. The van der Waals surface area contributed by atoms with Gasteiger partial charge in [0.15, 0.2) is 0 Å². The number of nitrogens with zero attached hydrogens (tertiary/aromatic N) is 3. The number of hydrogen-bond acceptors (Lipinski definition) is 6. The molecule has 1 aliphatic heterocycles. The second-order valence-corrected chi connectivity index (χ2v) is 10.2. The van der Waals surface area contributed by atoms with Crippen LogP contribution >= 0.6 is 0 Å². The normalized spacial score (nSPS) is 20.2. The number of anilines is 1. The Bertz CT molecular complexity index is 1380. The predicted octanol–water partition coefficient (Wildman–Crippen LogP) is 5.91. The van der Waals surface area contributed by atoms with Crippen molar-refractivity contribution in [1.82, 2.24) is 15.0 Å². The van der Waals surface area contributed by atoms with Gasteiger partial charge in [-0.15, -0.1) is 0 Å². The Balaban J connectivity index is 0.000000517. The third kappa shape index (κ3) is 7.89. The number of imidazole rings is 1. The van der Waals surface area contributed by atoms with E-state index in [-0.39, 0.29) is 18.1 Å². The maximum atomic E-state index is 13.0. The molecular formula is C27H28F6N4O5. The second kappa shape index (κ2) is 12.5. The molecule has 0 radical (unpaired) electrons. The van der Waals surface area contributed by atoms with Gasteiger partial charge in [-0.2, -0.15) is 26.3 Å². The molecule has 42 heavy (non-hydrogen) atoms. The van der Waals surface area contributed by atoms with Crippen LogP contribution in [0.25, 0.3) is 22.4 Å². The molecule has 0 unspecified atom stereocenters. The van der Waals surface area contributed by atoms with Gasteiger partial charge in [-0.3, -0.25) is 4.79 Å². The lowest BCUT2D eigenvalue weighted by atomic mass is 9.87. The molecule has 1 aliphatic carbocycles. The zero-order chi connectivity index (χ0) is 30.7. The SMILES string of the molecule is O=C(O)C(F)(F)F.O=C(O)C1CCC(OC2CCN(c3ccc(-c4nc5ccc(C(F)(F)F)cc5[nH]4)cn3)CC2)CC1. The van der Waals surface area contributed by atoms with Crippen LogP contribution in [0.3, 0.4) is 0 Å². The average molecular weight is 603 g/mol. The highest BCUT2D eigenvalue weighted by molar-refractivity contribution is 5.80. The van der Waals surface area contributed by atoms with Crippen molar-refractivity contribution in [3.8, 4) is 11.4 Å². The first kappa shape index (κ1) is 31.1. The van der Waals surface area contributed by atoms with Crippen molar-refractivity contribution in [2.24, 2.45) is 5.92 Å². The Kier molecular flexibility index (Phi) is 9.28. The summed E-state index contributed by atoms with van der Waals surface area (Å²) in [6, 6.07) is 7.23. The molecule has 2 aliphatic rings. The van der Waals surface area contributed by atoms with Crippen molar-refractivity contribution in [2.45, 2.75) is 63.1 Å². The Hall–Kier alpha value is -3.88. The third-order valence-electron chi connectivity index (χ3n) is 7.25. The first-order valence-electron chi connectivity index (χ1n) is 13.2. The number of rotatable bonds is 5. The van der Waals surface area contributed by atoms with Crippen molar-refractivity contribution in [3.63, 3.8) is 0 Å². The summed E-state index contributed by atoms with van der Waals surface area (Å²) in [5.41, 5.74) is 0.788. The fourth-order valence-corrected chi connectivity index (χ4v) is 4.97. The zero-order valence-electron chi connectivity index (χ0n) is 22.1. The number of fused-ring (bicyclic) bond motifs is 1. The van der Waals surface area contributed by atoms with Crippen LogP contribution in [0.4, 0.5) is 32.2 Å². The van der Waals surface area contributed by atoms with Gasteiger partial charge < -0.3 is 24.8 Å². The monoisotopic (exact) mass is 602 g/mol. The van der Waals surface area contributed by atoms with Gasteiger partial charge in [0.25, 0.3) is 0 Å². The molecule has 1 aromatic carbocycles. The number of hydrogen-bond donors (Lipinski definition) is 3. The molecule has 15 heteroatoms. The van der Waals surface area contributed by atoms with Crippen LogP contribution in [0, 0.1) is 5.92 Å². The number of halogens is 6. The lowest BCUT2D eigenvalue weighted by Gasteiger charge is -2.36. The van der Waals surface area contributed by atoms with Gasteiger partial charge >= 0.3 is 24.3 Å². The van der Waals surface area contributed by atoms with Gasteiger partial charge in [0.2, 0.25) is 0 Å². The molecule has 0 amide bonds. The number of aromatic nitrogens is 3. The van der Waals surface area contributed by atoms with Gasteiger partial charge in [0.05, 0.1) is 34.7 Å². The van der Waals surface area contributed by atoms with Crippen molar-refractivity contribution in [3.05, 3.63) is 42.1 Å². The Morgan fingerprint density at radius 1 is 0.905 bits per heavy atom. The van der Waals surface area contributed by atoms with Gasteiger partial charge in [-0.1, -0.05) is 0 Å². The summed E-state index contributed by atoms with van der Waals surface area (Å²) in [5.74, 6) is -2.38. The van der Waals surface area contributed by atoms with E-state index in [2.05, 4.69) is 19.9 Å². The maximum Gasteiger partial charge on any atom is 0.490 e. The maximum absolute atomic E-state index is 13.0. The fourth-order valence-electron chi connectivity index (χ4n) is 4.97. The summed E-state index contributed by atoms with van der Waals surface area (Å²) >= 11 is 0. The van der Waals surface area contributed by atoms with E-state index in [9.17, 15) is 31.1 Å². The number of nitrogens with one attached hydrogen (secondary N) is 1. The molecule has 228 valence electrons. The minimum Gasteiger partial charge on any atom is -0.481 e. The van der Waals surface area contributed by atoms with E-state index >= 15 is 0 Å². The number of carboxylic acids is 2. The summed E-state index contributed by atoms with van der Waals surface area (Å²) in [5, 5.41) is 16.3. The van der Waals surface area contributed by atoms with E-state index in [1.165, 1.54) is 6.07 Å². The number of H-pyrrole nitrogens is 1. The van der Waals surface area contributed by atoms with Gasteiger partial charge in [-0.25, -0.2) is 14.8 Å². The molecule has 3 aromatic rings. The molecule has 1 saturated heterocycles. The summed E-state index contributed by atoms with van der Waals surface area (Å²) in [7, 11) is 0. The van der Waals surface area contributed by atoms with Crippen molar-refractivity contribution in [2.75, 3.05) is 18.0 Å². The number of pyridine rings is 1. The molecule has 2 aromatic heterocycles. The number of alkyl halides is 6. The molecular weight excluding hydrogens is 574 g/mol. The van der Waals surface area contributed by atoms with Crippen molar-refractivity contribution >= 4 is 28.8 Å². The van der Waals surface area contributed by atoms with E-state index in [1.54, 1.807) is 6.20 Å². The number of benzene rings is 1. The first-order chi connectivity index (χ1) is 19.7. The molecule has 3 N–H and O–H groups in total. The van der Waals surface area contributed by atoms with Crippen molar-refractivity contribution in [1.29, 1.82) is 0 Å². The molecule has 1 saturated carbocycles. The second-order valence-electron chi connectivity index (χ2n) is 10.2. The van der Waals surface area contributed by atoms with Crippen LogP contribution in [-0.2, 0) is 20.5 Å². The van der Waals surface area contributed by atoms with Gasteiger partial charge in [0, 0.05) is 24.8 Å². The van der Waals surface area contributed by atoms with Crippen molar-refractivity contribution < 1.29 is 50.9 Å². The largest absolute Gasteiger partial charge is 0.490 e. The Labute approximate surface area is 235 Å². The van der Waals surface area contributed by atoms with Crippen LogP contribution in [0.5, 0.6) is 0 Å². The number of aliphatic carboxylic acids is 2. The molecule has 2 fully saturated rings. The highest BCUT2D eigenvalue weighted by Gasteiger charge is 2.38. The van der Waals surface area contributed by atoms with E-state index in [4.69, 9.17) is 19.7 Å². The predicted molar refractivity (Wildman–Crippen MR) is 138 cm³/mol. The molecule has 0 bridgehead atoms. The topological polar surface area (TPSA) is 129 Å². The van der Waals surface area contributed by atoms with E-state index < -0.39 is 29.9 Å². The summed E-state index contributed by atoms with van der Waals surface area (Å²) < 4.78 is 76.9. The molecule has 3 heterocycles. The number of carbonyl (C=O) groups is 2. The Morgan fingerprint density at radius 2 is 1.52 bits per heavy atom. The van der Waals surface area contributed by atoms with Crippen LogP contribution in [0.15, 0.2) is 36.5 Å². The smallest absolute Gasteiger partial charge is 0.481 e. The average Bonchev–Trinajstić information content (AvgIpc) is 3.37. The lowest BCUT2D eigenvalue weighted by molar-refractivity contribution is -0.192. The van der Waals surface area contributed by atoms with Gasteiger partial charge in [-0.05, 0) is 68.9 Å². The zero-order valence-corrected chi connectivity index (χ0v) is 22.1. The lowest BCUT2D eigenvalue weighted by Crippen LogP contribution is -2.39. The van der Waals surface area contributed by atoms with Crippen LogP contribution in [0.1, 0.15) is 44.1 Å². The molecule has 9 nitrogen and oxygen atoms in total.